The van der Waals surface area contributed by atoms with Crippen molar-refractivity contribution >= 4 is 39.5 Å². The van der Waals surface area contributed by atoms with Crippen LogP contribution < -0.4 is 0 Å². The van der Waals surface area contributed by atoms with Crippen LogP contribution in [0.5, 0.6) is 0 Å². The highest BCUT2D eigenvalue weighted by Crippen LogP contribution is 2.45. The molecule has 0 aliphatic rings. The molecule has 0 saturated heterocycles. The molecule has 0 radical (unpaired) electrons. The molecule has 600 valence electrons. The minimum Gasteiger partial charge on any atom is -0.462 e. The number of esters is 4. The molecule has 0 saturated carbocycles. The van der Waals surface area contributed by atoms with E-state index >= 15 is 0 Å². The molecule has 0 fully saturated rings. The monoisotopic (exact) mass is 1480 g/mol. The summed E-state index contributed by atoms with van der Waals surface area (Å²) in [5, 5.41) is 10.6. The predicted octanol–water partition coefficient (Wildman–Crippen LogP) is 24.7. The van der Waals surface area contributed by atoms with Crippen LogP contribution in [0.3, 0.4) is 0 Å². The van der Waals surface area contributed by atoms with Crippen molar-refractivity contribution in [3.63, 3.8) is 0 Å². The Kier molecular flexibility index (Phi) is 72.2. The topological polar surface area (TPSA) is 237 Å². The van der Waals surface area contributed by atoms with E-state index in [9.17, 15) is 43.2 Å². The van der Waals surface area contributed by atoms with E-state index in [0.717, 1.165) is 102 Å². The van der Waals surface area contributed by atoms with Crippen molar-refractivity contribution in [2.24, 2.45) is 11.8 Å². The van der Waals surface area contributed by atoms with Gasteiger partial charge in [0.2, 0.25) is 0 Å². The molecule has 2 unspecified atom stereocenters. The molecule has 101 heavy (non-hydrogen) atoms. The van der Waals surface area contributed by atoms with Crippen molar-refractivity contribution in [1.82, 2.24) is 0 Å². The van der Waals surface area contributed by atoms with Crippen LogP contribution in [0.15, 0.2) is 0 Å². The van der Waals surface area contributed by atoms with Crippen molar-refractivity contribution in [2.75, 3.05) is 39.6 Å². The van der Waals surface area contributed by atoms with Crippen molar-refractivity contribution in [2.45, 2.75) is 452 Å². The van der Waals surface area contributed by atoms with Crippen LogP contribution in [-0.2, 0) is 65.4 Å². The number of aliphatic hydroxyl groups is 1. The number of carbonyl (C=O) groups excluding carboxylic acids is 4. The van der Waals surface area contributed by atoms with Gasteiger partial charge in [-0.3, -0.25) is 37.3 Å². The zero-order chi connectivity index (χ0) is 74.2. The van der Waals surface area contributed by atoms with Crippen molar-refractivity contribution in [1.29, 1.82) is 0 Å². The third-order valence-electron chi connectivity index (χ3n) is 19.2. The molecule has 0 bridgehead atoms. The minimum absolute atomic E-state index is 0.106. The fourth-order valence-corrected chi connectivity index (χ4v) is 14.3. The maximum absolute atomic E-state index is 13.1. The summed E-state index contributed by atoms with van der Waals surface area (Å²) in [6, 6.07) is 0. The molecule has 0 aromatic heterocycles. The van der Waals surface area contributed by atoms with Gasteiger partial charge in [-0.05, 0) is 37.5 Å². The summed E-state index contributed by atoms with van der Waals surface area (Å²) in [7, 11) is -9.92. The first-order valence-corrected chi connectivity index (χ1v) is 45.5. The van der Waals surface area contributed by atoms with Gasteiger partial charge in [0, 0.05) is 25.7 Å². The molecule has 0 heterocycles. The molecule has 0 aromatic rings. The van der Waals surface area contributed by atoms with Gasteiger partial charge in [0.15, 0.2) is 12.2 Å². The Morgan fingerprint density at radius 2 is 0.455 bits per heavy atom. The summed E-state index contributed by atoms with van der Waals surface area (Å²) in [5.41, 5.74) is 0. The summed E-state index contributed by atoms with van der Waals surface area (Å²) in [5.74, 6) is -0.666. The van der Waals surface area contributed by atoms with Crippen molar-refractivity contribution in [3.8, 4) is 0 Å². The Balaban J connectivity index is 5.21. The summed E-state index contributed by atoms with van der Waals surface area (Å²) in [6.07, 6.45) is 64.1. The number of rotatable bonds is 81. The number of phosphoric ester groups is 2. The predicted molar refractivity (Wildman–Crippen MR) is 414 cm³/mol. The quantitative estimate of drug-likeness (QED) is 0.0222. The summed E-state index contributed by atoms with van der Waals surface area (Å²) in [6.45, 7) is 9.56. The average molecular weight is 1480 g/mol. The number of carbonyl (C=O) groups is 4. The van der Waals surface area contributed by atoms with Crippen molar-refractivity contribution in [3.05, 3.63) is 0 Å². The molecule has 0 aromatic carbocycles. The Hall–Kier alpha value is -1.94. The van der Waals surface area contributed by atoms with Gasteiger partial charge in [-0.2, -0.15) is 0 Å². The second kappa shape index (κ2) is 73.6. The lowest BCUT2D eigenvalue weighted by atomic mass is 10.0. The fraction of sp³-hybridized carbons (Fsp3) is 0.951. The van der Waals surface area contributed by atoms with E-state index in [-0.39, 0.29) is 25.7 Å². The molecule has 0 amide bonds. The molecule has 0 aliphatic carbocycles. The Morgan fingerprint density at radius 3 is 0.673 bits per heavy atom. The lowest BCUT2D eigenvalue weighted by Gasteiger charge is -2.21. The highest BCUT2D eigenvalue weighted by molar-refractivity contribution is 7.47. The normalized spacial score (nSPS) is 13.9. The lowest BCUT2D eigenvalue weighted by molar-refractivity contribution is -0.161. The molecule has 0 aliphatic heterocycles. The maximum atomic E-state index is 13.1. The van der Waals surface area contributed by atoms with Gasteiger partial charge in [-0.15, -0.1) is 0 Å². The molecule has 3 N–H and O–H groups in total. The van der Waals surface area contributed by atoms with Crippen LogP contribution in [0.25, 0.3) is 0 Å². The fourth-order valence-electron chi connectivity index (χ4n) is 12.7. The molecular formula is C82H160O17P2. The molecule has 5 atom stereocenters. The Morgan fingerprint density at radius 1 is 0.267 bits per heavy atom. The molecule has 19 heteroatoms. The smallest absolute Gasteiger partial charge is 0.462 e. The molecule has 0 spiro atoms. The Bertz CT molecular complexity index is 1940. The third-order valence-corrected chi connectivity index (χ3v) is 21.1. The van der Waals surface area contributed by atoms with E-state index in [1.54, 1.807) is 0 Å². The van der Waals surface area contributed by atoms with Crippen LogP contribution in [0.4, 0.5) is 0 Å². The zero-order valence-corrected chi connectivity index (χ0v) is 68.0. The van der Waals surface area contributed by atoms with Gasteiger partial charge < -0.3 is 33.8 Å². The first kappa shape index (κ1) is 99.1. The summed E-state index contributed by atoms with van der Waals surface area (Å²) < 4.78 is 68.7. The average Bonchev–Trinajstić information content (AvgIpc) is 0.931. The standard InChI is InChI=1S/C82H160O17P2/c1-7-9-11-13-15-17-19-21-23-25-27-28-30-32-34-38-42-46-54-60-66-81(86)98-77(70-92-79(84)64-58-52-45-41-37-33-31-29-26-24-22-20-18-16-14-12-10-8-2)72-96-100(88,89)94-68-76(83)69-95-101(90,91)97-73-78(71-93-80(85)65-59-53-49-48-51-57-63-75(5)6)99-82(87)67-61-55-47-43-39-35-36-40-44-50-56-62-74(3)4/h74-78,83H,7-73H2,1-6H3,(H,88,89)(H,90,91)/t76-,77-,78-/m1/s1. The van der Waals surface area contributed by atoms with E-state index in [2.05, 4.69) is 41.5 Å². The van der Waals surface area contributed by atoms with E-state index in [1.165, 1.54) is 244 Å². The summed E-state index contributed by atoms with van der Waals surface area (Å²) >= 11 is 0. The first-order chi connectivity index (χ1) is 48.9. The van der Waals surface area contributed by atoms with Gasteiger partial charge in [-0.1, -0.05) is 382 Å². The second-order valence-electron chi connectivity index (χ2n) is 30.5. The van der Waals surface area contributed by atoms with E-state index < -0.39 is 97.5 Å². The van der Waals surface area contributed by atoms with Gasteiger partial charge in [0.1, 0.15) is 19.3 Å². The van der Waals surface area contributed by atoms with Crippen LogP contribution in [0.2, 0.25) is 0 Å². The van der Waals surface area contributed by atoms with Crippen LogP contribution in [0.1, 0.15) is 433 Å². The second-order valence-corrected chi connectivity index (χ2v) is 33.4. The number of hydrogen-bond acceptors (Lipinski definition) is 15. The molecular weight excluding hydrogens is 1320 g/mol. The van der Waals surface area contributed by atoms with E-state index in [1.807, 2.05) is 0 Å². The highest BCUT2D eigenvalue weighted by Gasteiger charge is 2.30. The number of hydrogen-bond donors (Lipinski definition) is 3. The van der Waals surface area contributed by atoms with E-state index in [4.69, 9.17) is 37.0 Å². The zero-order valence-electron chi connectivity index (χ0n) is 66.2. The largest absolute Gasteiger partial charge is 0.472 e. The van der Waals surface area contributed by atoms with Gasteiger partial charge in [-0.25, -0.2) is 9.13 Å². The molecule has 0 rings (SSSR count). The first-order valence-electron chi connectivity index (χ1n) is 42.5. The maximum Gasteiger partial charge on any atom is 0.472 e. The minimum atomic E-state index is -4.96. The third kappa shape index (κ3) is 76.1. The molecule has 17 nitrogen and oxygen atoms in total. The van der Waals surface area contributed by atoms with Crippen LogP contribution >= 0.6 is 15.6 Å². The summed E-state index contributed by atoms with van der Waals surface area (Å²) in [4.78, 5) is 73.0. The highest BCUT2D eigenvalue weighted by atomic mass is 31.2. The number of unbranched alkanes of at least 4 members (excludes halogenated alkanes) is 51. The number of aliphatic hydroxyl groups excluding tert-OH is 1. The number of phosphoric acid groups is 2. The Labute approximate surface area is 619 Å². The van der Waals surface area contributed by atoms with Crippen molar-refractivity contribution < 1.29 is 80.2 Å². The van der Waals surface area contributed by atoms with Crippen LogP contribution in [-0.4, -0.2) is 96.7 Å². The van der Waals surface area contributed by atoms with Gasteiger partial charge in [0.05, 0.1) is 26.4 Å². The van der Waals surface area contributed by atoms with Gasteiger partial charge >= 0.3 is 39.5 Å². The van der Waals surface area contributed by atoms with Crippen LogP contribution in [0, 0.1) is 11.8 Å². The lowest BCUT2D eigenvalue weighted by Crippen LogP contribution is -2.30. The SMILES string of the molecule is CCCCCCCCCCCCCCCCCCCCCCC(=O)O[C@H](COC(=O)CCCCCCCCCCCCCCCCCCCC)COP(=O)(O)OC[C@@H](O)COP(=O)(O)OC[C@@H](COC(=O)CCCCCCCCC(C)C)OC(=O)CCCCCCCCCCCCCC(C)C. The van der Waals surface area contributed by atoms with Gasteiger partial charge in [0.25, 0.3) is 0 Å². The van der Waals surface area contributed by atoms with E-state index in [0.29, 0.717) is 31.6 Å². The number of ether oxygens (including phenoxy) is 4.